The van der Waals surface area contributed by atoms with Gasteiger partial charge in [-0.05, 0) is 25.3 Å². The first-order chi connectivity index (χ1) is 10.0. The number of aliphatic hydroxyl groups is 1. The van der Waals surface area contributed by atoms with E-state index in [-0.39, 0.29) is 29.2 Å². The molecule has 0 bridgehead atoms. The minimum atomic E-state index is -0.317. The van der Waals surface area contributed by atoms with Gasteiger partial charge in [0.05, 0.1) is 6.10 Å². The summed E-state index contributed by atoms with van der Waals surface area (Å²) in [7, 11) is 1.71. The third kappa shape index (κ3) is 3.69. The van der Waals surface area contributed by atoms with Crippen molar-refractivity contribution in [3.8, 4) is 0 Å². The molecule has 1 N–H and O–H groups in total. The highest BCUT2D eigenvalue weighted by molar-refractivity contribution is 5.91. The van der Waals surface area contributed by atoms with Gasteiger partial charge in [0.2, 0.25) is 0 Å². The second-order valence-electron chi connectivity index (χ2n) is 5.72. The Morgan fingerprint density at radius 2 is 2.24 bits per heavy atom. The molecule has 1 heterocycles. The number of rotatable bonds is 5. The predicted octanol–water partition coefficient (Wildman–Crippen LogP) is 0.886. The topological polar surface area (TPSA) is 75.4 Å². The molecule has 2 unspecified atom stereocenters. The van der Waals surface area contributed by atoms with Gasteiger partial charge in [-0.15, -0.1) is 0 Å². The Kier molecular flexibility index (Phi) is 5.12. The molecule has 6 nitrogen and oxygen atoms in total. The molecular weight excluding hydrogens is 270 g/mol. The summed E-state index contributed by atoms with van der Waals surface area (Å²) < 4.78 is 1.32. The van der Waals surface area contributed by atoms with Crippen LogP contribution < -0.4 is 5.56 Å². The molecule has 21 heavy (non-hydrogen) atoms. The number of hydrogen-bond donors (Lipinski definition) is 1. The van der Waals surface area contributed by atoms with Crippen molar-refractivity contribution in [2.24, 2.45) is 5.92 Å². The summed E-state index contributed by atoms with van der Waals surface area (Å²) in [6.45, 7) is 2.98. The van der Waals surface area contributed by atoms with E-state index in [0.29, 0.717) is 13.1 Å². The Bertz CT molecular complexity index is 555. The van der Waals surface area contributed by atoms with E-state index in [4.69, 9.17) is 0 Å². The molecule has 1 saturated carbocycles. The van der Waals surface area contributed by atoms with Crippen LogP contribution in [-0.2, 0) is 6.54 Å². The van der Waals surface area contributed by atoms with Crippen LogP contribution in [0.15, 0.2) is 16.9 Å². The van der Waals surface area contributed by atoms with Crippen LogP contribution in [-0.4, -0.2) is 45.4 Å². The molecule has 1 aliphatic rings. The largest absolute Gasteiger partial charge is 0.393 e. The highest BCUT2D eigenvalue weighted by atomic mass is 16.3. The minimum absolute atomic E-state index is 0.139. The van der Waals surface area contributed by atoms with Crippen LogP contribution in [0.25, 0.3) is 0 Å². The third-order valence-corrected chi connectivity index (χ3v) is 4.00. The van der Waals surface area contributed by atoms with Gasteiger partial charge in [0.15, 0.2) is 0 Å². The summed E-state index contributed by atoms with van der Waals surface area (Å²) in [6, 6.07) is 2.85. The highest BCUT2D eigenvalue weighted by Crippen LogP contribution is 2.26. The van der Waals surface area contributed by atoms with E-state index >= 15 is 0 Å². The van der Waals surface area contributed by atoms with Crippen LogP contribution in [0.5, 0.6) is 0 Å². The standard InChI is InChI=1S/C15H23N3O3/c1-3-9-18-14(20)8-7-12(16-18)15(21)17(2)10-11-5-4-6-13(11)19/h7-8,11,13,19H,3-6,9-10H2,1-2H3. The number of carbonyl (C=O) groups excluding carboxylic acids is 1. The zero-order valence-corrected chi connectivity index (χ0v) is 12.7. The van der Waals surface area contributed by atoms with E-state index in [1.165, 1.54) is 16.8 Å². The fraction of sp³-hybridized carbons (Fsp3) is 0.667. The average Bonchev–Trinajstić information content (AvgIpc) is 2.86. The first kappa shape index (κ1) is 15.7. The molecule has 1 fully saturated rings. The zero-order chi connectivity index (χ0) is 15.4. The number of aryl methyl sites for hydroxylation is 1. The van der Waals surface area contributed by atoms with Crippen molar-refractivity contribution < 1.29 is 9.90 Å². The zero-order valence-electron chi connectivity index (χ0n) is 12.7. The lowest BCUT2D eigenvalue weighted by molar-refractivity contribution is 0.0685. The van der Waals surface area contributed by atoms with E-state index < -0.39 is 0 Å². The molecule has 1 aromatic rings. The maximum absolute atomic E-state index is 12.4. The fourth-order valence-corrected chi connectivity index (χ4v) is 2.80. The molecule has 116 valence electrons. The lowest BCUT2D eigenvalue weighted by Crippen LogP contribution is -2.36. The molecule has 0 aliphatic heterocycles. The monoisotopic (exact) mass is 293 g/mol. The van der Waals surface area contributed by atoms with Gasteiger partial charge in [-0.1, -0.05) is 13.3 Å². The third-order valence-electron chi connectivity index (χ3n) is 4.00. The molecule has 1 aromatic heterocycles. The van der Waals surface area contributed by atoms with Crippen molar-refractivity contribution >= 4 is 5.91 Å². The second kappa shape index (κ2) is 6.85. The van der Waals surface area contributed by atoms with Gasteiger partial charge in [0, 0.05) is 32.1 Å². The Morgan fingerprint density at radius 1 is 1.48 bits per heavy atom. The first-order valence-corrected chi connectivity index (χ1v) is 7.54. The molecule has 1 amide bonds. The lowest BCUT2D eigenvalue weighted by Gasteiger charge is -2.23. The summed E-state index contributed by atoms with van der Waals surface area (Å²) in [5.41, 5.74) is 0.0836. The van der Waals surface area contributed by atoms with E-state index in [1.807, 2.05) is 6.92 Å². The van der Waals surface area contributed by atoms with Crippen LogP contribution in [0.2, 0.25) is 0 Å². The van der Waals surface area contributed by atoms with E-state index in [9.17, 15) is 14.7 Å². The smallest absolute Gasteiger partial charge is 0.274 e. The van der Waals surface area contributed by atoms with Gasteiger partial charge < -0.3 is 10.0 Å². The number of amides is 1. The molecule has 6 heteroatoms. The van der Waals surface area contributed by atoms with Crippen LogP contribution in [0.4, 0.5) is 0 Å². The Labute approximate surface area is 124 Å². The van der Waals surface area contributed by atoms with Crippen molar-refractivity contribution in [3.63, 3.8) is 0 Å². The molecule has 0 aromatic carbocycles. The molecule has 0 spiro atoms. The summed E-state index contributed by atoms with van der Waals surface area (Å²) >= 11 is 0. The maximum atomic E-state index is 12.4. The molecule has 1 aliphatic carbocycles. The van der Waals surface area contributed by atoms with Gasteiger partial charge in [-0.25, -0.2) is 4.68 Å². The van der Waals surface area contributed by atoms with Gasteiger partial charge in [-0.3, -0.25) is 9.59 Å². The van der Waals surface area contributed by atoms with E-state index in [2.05, 4.69) is 5.10 Å². The van der Waals surface area contributed by atoms with Gasteiger partial charge in [0.25, 0.3) is 11.5 Å². The molecular formula is C15H23N3O3. The summed E-state index contributed by atoms with van der Waals surface area (Å²) in [5, 5.41) is 14.0. The summed E-state index contributed by atoms with van der Waals surface area (Å²) in [4.78, 5) is 25.6. The number of hydrogen-bond acceptors (Lipinski definition) is 4. The van der Waals surface area contributed by atoms with Crippen LogP contribution in [0.3, 0.4) is 0 Å². The van der Waals surface area contributed by atoms with E-state index in [1.54, 1.807) is 11.9 Å². The number of carbonyl (C=O) groups is 1. The fourth-order valence-electron chi connectivity index (χ4n) is 2.80. The van der Waals surface area contributed by atoms with Gasteiger partial charge >= 0.3 is 0 Å². The predicted molar refractivity (Wildman–Crippen MR) is 79.1 cm³/mol. The van der Waals surface area contributed by atoms with Gasteiger partial charge in [0.1, 0.15) is 5.69 Å². The molecule has 0 saturated heterocycles. The van der Waals surface area contributed by atoms with Crippen molar-refractivity contribution in [2.45, 2.75) is 45.3 Å². The van der Waals surface area contributed by atoms with Crippen LogP contribution >= 0.6 is 0 Å². The van der Waals surface area contributed by atoms with Gasteiger partial charge in [-0.2, -0.15) is 5.10 Å². The summed E-state index contributed by atoms with van der Waals surface area (Å²) in [5.74, 6) is -0.0700. The minimum Gasteiger partial charge on any atom is -0.393 e. The SMILES string of the molecule is CCCn1nc(C(=O)N(C)CC2CCCC2O)ccc1=O. The molecule has 2 atom stereocenters. The highest BCUT2D eigenvalue weighted by Gasteiger charge is 2.28. The Morgan fingerprint density at radius 3 is 2.86 bits per heavy atom. The number of aromatic nitrogens is 2. The quantitative estimate of drug-likeness (QED) is 0.874. The second-order valence-corrected chi connectivity index (χ2v) is 5.72. The number of nitrogens with zero attached hydrogens (tertiary/aromatic N) is 3. The normalized spacial score (nSPS) is 21.5. The summed E-state index contributed by atoms with van der Waals surface area (Å²) in [6.07, 6.45) is 3.23. The Balaban J connectivity index is 2.08. The first-order valence-electron chi connectivity index (χ1n) is 7.54. The van der Waals surface area contributed by atoms with E-state index in [0.717, 1.165) is 25.7 Å². The maximum Gasteiger partial charge on any atom is 0.274 e. The van der Waals surface area contributed by atoms with Crippen LogP contribution in [0, 0.1) is 5.92 Å². The van der Waals surface area contributed by atoms with Crippen molar-refractivity contribution in [1.82, 2.24) is 14.7 Å². The van der Waals surface area contributed by atoms with Crippen molar-refractivity contribution in [3.05, 3.63) is 28.2 Å². The van der Waals surface area contributed by atoms with Crippen molar-refractivity contribution in [1.29, 1.82) is 0 Å². The van der Waals surface area contributed by atoms with Crippen molar-refractivity contribution in [2.75, 3.05) is 13.6 Å². The number of aliphatic hydroxyl groups excluding tert-OH is 1. The molecule has 0 radical (unpaired) electrons. The Hall–Kier alpha value is -1.69. The average molecular weight is 293 g/mol. The lowest BCUT2D eigenvalue weighted by atomic mass is 10.1. The molecule has 2 rings (SSSR count). The van der Waals surface area contributed by atoms with Crippen LogP contribution in [0.1, 0.15) is 43.1 Å².